The van der Waals surface area contributed by atoms with Crippen LogP contribution < -0.4 is 15.8 Å². The number of fused-ring (bicyclic) bond motifs is 1. The summed E-state index contributed by atoms with van der Waals surface area (Å²) in [6, 6.07) is 7.35. The second-order valence-electron chi connectivity index (χ2n) is 6.09. The third-order valence-corrected chi connectivity index (χ3v) is 4.20. The summed E-state index contributed by atoms with van der Waals surface area (Å²) in [5.41, 5.74) is 0.597. The molecule has 2 aromatic rings. The van der Waals surface area contributed by atoms with Gasteiger partial charge in [0.2, 0.25) is 0 Å². The quantitative estimate of drug-likeness (QED) is 0.491. The lowest BCUT2D eigenvalue weighted by Crippen LogP contribution is -3.05. The number of nitrogens with one attached hydrogen (secondary N) is 3. The van der Waals surface area contributed by atoms with Gasteiger partial charge in [-0.15, -0.1) is 0 Å². The zero-order valence-corrected chi connectivity index (χ0v) is 15.4. The van der Waals surface area contributed by atoms with Crippen LogP contribution in [0.15, 0.2) is 29.1 Å². The van der Waals surface area contributed by atoms with E-state index in [2.05, 4.69) is 29.4 Å². The van der Waals surface area contributed by atoms with E-state index in [1.54, 1.807) is 6.07 Å². The highest BCUT2D eigenvalue weighted by molar-refractivity contribution is 7.80. The first-order valence-corrected chi connectivity index (χ1v) is 8.71. The van der Waals surface area contributed by atoms with Crippen LogP contribution in [-0.4, -0.2) is 53.7 Å². The Morgan fingerprint density at radius 1 is 1.38 bits per heavy atom. The Balaban J connectivity index is 2.02. The summed E-state index contributed by atoms with van der Waals surface area (Å²) in [5, 5.41) is 4.59. The van der Waals surface area contributed by atoms with Gasteiger partial charge < -0.3 is 20.1 Å². The first-order chi connectivity index (χ1) is 11.5. The molecule has 0 saturated heterocycles. The average molecular weight is 348 g/mol. The van der Waals surface area contributed by atoms with Gasteiger partial charge in [0.1, 0.15) is 5.82 Å². The van der Waals surface area contributed by atoms with Crippen LogP contribution in [0, 0.1) is 0 Å². The maximum Gasteiger partial charge on any atom is 0.258 e. The minimum atomic E-state index is -0.112. The van der Waals surface area contributed by atoms with E-state index >= 15 is 0 Å². The van der Waals surface area contributed by atoms with Gasteiger partial charge in [0.25, 0.3) is 5.56 Å². The molecular weight excluding hydrogens is 322 g/mol. The van der Waals surface area contributed by atoms with Gasteiger partial charge in [-0.1, -0.05) is 12.1 Å². The van der Waals surface area contributed by atoms with E-state index in [4.69, 9.17) is 12.2 Å². The van der Waals surface area contributed by atoms with Crippen LogP contribution in [0.3, 0.4) is 0 Å². The van der Waals surface area contributed by atoms with Crippen molar-refractivity contribution >= 4 is 28.2 Å². The molecule has 1 aromatic carbocycles. The molecule has 1 aromatic heterocycles. The van der Waals surface area contributed by atoms with E-state index in [0.717, 1.165) is 26.1 Å². The number of quaternary nitrogens is 1. The van der Waals surface area contributed by atoms with Crippen molar-refractivity contribution in [1.82, 2.24) is 20.2 Å². The smallest absolute Gasteiger partial charge is 0.258 e. The minimum absolute atomic E-state index is 0.112. The average Bonchev–Trinajstić information content (AvgIpc) is 2.56. The second-order valence-corrected chi connectivity index (χ2v) is 6.47. The summed E-state index contributed by atoms with van der Waals surface area (Å²) in [4.78, 5) is 23.0. The van der Waals surface area contributed by atoms with E-state index in [1.165, 1.54) is 4.90 Å². The van der Waals surface area contributed by atoms with Crippen LogP contribution in [0.5, 0.6) is 0 Å². The summed E-state index contributed by atoms with van der Waals surface area (Å²) in [6.07, 6.45) is 1.06. The number of rotatable bonds is 7. The van der Waals surface area contributed by atoms with Gasteiger partial charge in [-0.2, -0.15) is 0 Å². The van der Waals surface area contributed by atoms with Crippen LogP contribution in [-0.2, 0) is 6.54 Å². The summed E-state index contributed by atoms with van der Waals surface area (Å²) in [5.74, 6) is 0.627. The molecule has 2 rings (SSSR count). The Kier molecular flexibility index (Phi) is 6.69. The fraction of sp³-hybridized carbons (Fsp3) is 0.471. The highest BCUT2D eigenvalue weighted by atomic mass is 32.1. The van der Waals surface area contributed by atoms with Crippen molar-refractivity contribution in [3.8, 4) is 0 Å². The van der Waals surface area contributed by atoms with Crippen LogP contribution in [0.1, 0.15) is 19.2 Å². The molecule has 0 bridgehead atoms. The largest absolute Gasteiger partial charge is 0.362 e. The van der Waals surface area contributed by atoms with E-state index in [0.29, 0.717) is 28.4 Å². The molecule has 0 spiro atoms. The molecule has 3 N–H and O–H groups in total. The first kappa shape index (κ1) is 18.4. The lowest BCUT2D eigenvalue weighted by atomic mass is 10.2. The maximum atomic E-state index is 12.1. The lowest BCUT2D eigenvalue weighted by molar-refractivity contribution is -0.858. The number of H-pyrrole nitrogens is 1. The van der Waals surface area contributed by atoms with Gasteiger partial charge in [-0.25, -0.2) is 4.98 Å². The molecule has 0 aliphatic rings. The summed E-state index contributed by atoms with van der Waals surface area (Å²) < 4.78 is 0. The molecule has 130 valence electrons. The Labute approximate surface area is 147 Å². The number of thiocarbonyl (C=S) groups is 1. The van der Waals surface area contributed by atoms with Crippen molar-refractivity contribution in [3.05, 3.63) is 40.4 Å². The molecule has 0 atom stereocenters. The van der Waals surface area contributed by atoms with Crippen LogP contribution >= 0.6 is 12.2 Å². The highest BCUT2D eigenvalue weighted by Gasteiger charge is 2.11. The predicted molar refractivity (Wildman–Crippen MR) is 101 cm³/mol. The zero-order valence-electron chi connectivity index (χ0n) is 14.6. The molecular formula is C17H26N5OS+. The van der Waals surface area contributed by atoms with Crippen LogP contribution in [0.25, 0.3) is 10.9 Å². The Morgan fingerprint density at radius 3 is 2.83 bits per heavy atom. The number of nitrogens with zero attached hydrogens (tertiary/aromatic N) is 2. The van der Waals surface area contributed by atoms with Gasteiger partial charge in [-0.3, -0.25) is 4.79 Å². The molecule has 0 aliphatic heterocycles. The van der Waals surface area contributed by atoms with Crippen LogP contribution in [0.2, 0.25) is 0 Å². The molecule has 6 nitrogen and oxygen atoms in total. The second kappa shape index (κ2) is 8.75. The third-order valence-electron chi connectivity index (χ3n) is 3.80. The van der Waals surface area contributed by atoms with Crippen molar-refractivity contribution in [1.29, 1.82) is 0 Å². The van der Waals surface area contributed by atoms with Crippen molar-refractivity contribution in [3.63, 3.8) is 0 Å². The molecule has 0 unspecified atom stereocenters. The third kappa shape index (κ3) is 5.01. The van der Waals surface area contributed by atoms with Crippen LogP contribution in [0.4, 0.5) is 0 Å². The van der Waals surface area contributed by atoms with E-state index in [9.17, 15) is 4.79 Å². The number of benzene rings is 1. The predicted octanol–water partition coefficient (Wildman–Crippen LogP) is 0.154. The van der Waals surface area contributed by atoms with Gasteiger partial charge in [0.05, 0.1) is 38.1 Å². The molecule has 0 saturated carbocycles. The highest BCUT2D eigenvalue weighted by Crippen LogP contribution is 2.07. The molecule has 7 heteroatoms. The summed E-state index contributed by atoms with van der Waals surface area (Å²) >= 11 is 5.47. The monoisotopic (exact) mass is 348 g/mol. The standard InChI is InChI=1S/C17H25N5OS/c1-4-22(17(24)18-10-7-11-21(2)3)12-15-19-14-9-6-5-8-13(14)16(23)20-15/h5-6,8-9H,4,7,10-12H2,1-3H3,(H,18,24)(H,19,20,23)/p+1. The normalized spacial score (nSPS) is 11.0. The number of hydrogen-bond acceptors (Lipinski definition) is 3. The van der Waals surface area contributed by atoms with E-state index in [1.807, 2.05) is 30.0 Å². The molecule has 1 heterocycles. The molecule has 0 amide bonds. The van der Waals surface area contributed by atoms with Gasteiger partial charge in [-0.05, 0) is 31.3 Å². The zero-order chi connectivity index (χ0) is 17.5. The number of para-hydroxylation sites is 1. The first-order valence-electron chi connectivity index (χ1n) is 8.31. The van der Waals surface area contributed by atoms with Crippen molar-refractivity contribution in [2.45, 2.75) is 19.9 Å². The number of aromatic amines is 1. The van der Waals surface area contributed by atoms with Crippen molar-refractivity contribution in [2.24, 2.45) is 0 Å². The molecule has 0 radical (unpaired) electrons. The Hall–Kier alpha value is -1.99. The van der Waals surface area contributed by atoms with Crippen molar-refractivity contribution in [2.75, 3.05) is 33.7 Å². The molecule has 24 heavy (non-hydrogen) atoms. The maximum absolute atomic E-state index is 12.1. The molecule has 0 aliphatic carbocycles. The number of aromatic nitrogens is 2. The number of hydrogen-bond donors (Lipinski definition) is 3. The Morgan fingerprint density at radius 2 is 2.12 bits per heavy atom. The van der Waals surface area contributed by atoms with Gasteiger partial charge in [0.15, 0.2) is 5.11 Å². The minimum Gasteiger partial charge on any atom is -0.362 e. The lowest BCUT2D eigenvalue weighted by Gasteiger charge is -2.24. The van der Waals surface area contributed by atoms with Gasteiger partial charge in [0, 0.05) is 19.5 Å². The fourth-order valence-electron chi connectivity index (χ4n) is 2.47. The van der Waals surface area contributed by atoms with E-state index in [-0.39, 0.29) is 5.56 Å². The fourth-order valence-corrected chi connectivity index (χ4v) is 2.76. The Bertz CT molecular complexity index is 743. The van der Waals surface area contributed by atoms with Crippen molar-refractivity contribution < 1.29 is 4.90 Å². The summed E-state index contributed by atoms with van der Waals surface area (Å²) in [6.45, 7) is 5.23. The molecule has 0 fully saturated rings. The SMILES string of the molecule is CCN(Cc1nc2ccccc2c(=O)[nH]1)C(=S)NCCC[NH+](C)C. The van der Waals surface area contributed by atoms with Gasteiger partial charge >= 0.3 is 0 Å². The topological polar surface area (TPSA) is 65.5 Å². The summed E-state index contributed by atoms with van der Waals surface area (Å²) in [7, 11) is 4.27. The van der Waals surface area contributed by atoms with E-state index < -0.39 is 0 Å².